The van der Waals surface area contributed by atoms with Crippen LogP contribution in [0.4, 0.5) is 0 Å². The van der Waals surface area contributed by atoms with Crippen molar-refractivity contribution in [3.05, 3.63) is 11.9 Å². The Balaban J connectivity index is 2.31. The van der Waals surface area contributed by atoms with E-state index < -0.39 is 5.60 Å². The smallest absolute Gasteiger partial charge is 0.132 e. The Morgan fingerprint density at radius 3 is 3.00 bits per heavy atom. The molecule has 0 radical (unpaired) electrons. The third kappa shape index (κ3) is 0.937. The lowest BCUT2D eigenvalue weighted by molar-refractivity contribution is -0.0224. The Kier molecular flexibility index (Phi) is 1.62. The standard InChI is InChI=1S/C7H12N4O/c1-2-11-6(3-9-10-11)7(12)4-8-5-7/h3,8,12H,2,4-5H2,1H3. The molecule has 2 rings (SSSR count). The van der Waals surface area contributed by atoms with Crippen molar-refractivity contribution in [3.8, 4) is 0 Å². The van der Waals surface area contributed by atoms with Crippen molar-refractivity contribution < 1.29 is 5.11 Å². The lowest BCUT2D eigenvalue weighted by Gasteiger charge is -2.37. The van der Waals surface area contributed by atoms with Crippen LogP contribution in [0.5, 0.6) is 0 Å². The van der Waals surface area contributed by atoms with E-state index in [4.69, 9.17) is 0 Å². The van der Waals surface area contributed by atoms with Crippen LogP contribution in [0.2, 0.25) is 0 Å². The van der Waals surface area contributed by atoms with Crippen LogP contribution in [0, 0.1) is 0 Å². The maximum atomic E-state index is 9.92. The summed E-state index contributed by atoms with van der Waals surface area (Å²) in [5.41, 5.74) is 0.0724. The first-order chi connectivity index (χ1) is 5.76. The maximum Gasteiger partial charge on any atom is 0.132 e. The SMILES string of the molecule is CCn1nncc1C1(O)CNC1. The summed E-state index contributed by atoms with van der Waals surface area (Å²) < 4.78 is 1.72. The van der Waals surface area contributed by atoms with Crippen molar-refractivity contribution in [1.82, 2.24) is 20.3 Å². The van der Waals surface area contributed by atoms with Gasteiger partial charge in [-0.15, -0.1) is 5.10 Å². The van der Waals surface area contributed by atoms with Crippen LogP contribution in [0.15, 0.2) is 6.20 Å². The molecule has 1 aromatic rings. The van der Waals surface area contributed by atoms with Gasteiger partial charge < -0.3 is 10.4 Å². The van der Waals surface area contributed by atoms with Crippen LogP contribution in [-0.4, -0.2) is 33.2 Å². The predicted molar refractivity (Wildman–Crippen MR) is 42.5 cm³/mol. The van der Waals surface area contributed by atoms with E-state index in [0.717, 1.165) is 12.2 Å². The molecule has 0 aromatic carbocycles. The molecule has 1 fully saturated rings. The molecule has 1 saturated heterocycles. The molecule has 5 nitrogen and oxygen atoms in total. The topological polar surface area (TPSA) is 63.0 Å². The Labute approximate surface area is 70.4 Å². The van der Waals surface area contributed by atoms with E-state index in [1.165, 1.54) is 0 Å². The van der Waals surface area contributed by atoms with Gasteiger partial charge in [0.25, 0.3) is 0 Å². The number of nitrogens with zero attached hydrogens (tertiary/aromatic N) is 3. The molecule has 0 aliphatic carbocycles. The van der Waals surface area contributed by atoms with Crippen LogP contribution in [0.25, 0.3) is 0 Å². The molecule has 1 aliphatic heterocycles. The lowest BCUT2D eigenvalue weighted by atomic mass is 9.93. The van der Waals surface area contributed by atoms with Gasteiger partial charge in [0.05, 0.1) is 11.9 Å². The van der Waals surface area contributed by atoms with Crippen molar-refractivity contribution in [2.24, 2.45) is 0 Å². The zero-order valence-electron chi connectivity index (χ0n) is 6.99. The molecule has 0 saturated carbocycles. The van der Waals surface area contributed by atoms with Crippen molar-refractivity contribution in [2.75, 3.05) is 13.1 Å². The summed E-state index contributed by atoms with van der Waals surface area (Å²) in [6.45, 7) is 3.92. The van der Waals surface area contributed by atoms with E-state index in [0.29, 0.717) is 13.1 Å². The number of aryl methyl sites for hydroxylation is 1. The number of aromatic nitrogens is 3. The summed E-state index contributed by atoms with van der Waals surface area (Å²) in [7, 11) is 0. The normalized spacial score (nSPS) is 20.5. The molecule has 1 aliphatic rings. The summed E-state index contributed by atoms with van der Waals surface area (Å²) in [6.07, 6.45) is 1.63. The average Bonchev–Trinajstić information content (AvgIpc) is 2.47. The van der Waals surface area contributed by atoms with Gasteiger partial charge in [-0.05, 0) is 6.92 Å². The van der Waals surface area contributed by atoms with Crippen molar-refractivity contribution >= 4 is 0 Å². The van der Waals surface area contributed by atoms with Crippen LogP contribution in [0.1, 0.15) is 12.6 Å². The van der Waals surface area contributed by atoms with Crippen LogP contribution in [-0.2, 0) is 12.1 Å². The number of aliphatic hydroxyl groups is 1. The highest BCUT2D eigenvalue weighted by Crippen LogP contribution is 2.23. The van der Waals surface area contributed by atoms with Gasteiger partial charge in [-0.2, -0.15) is 0 Å². The quantitative estimate of drug-likeness (QED) is 0.600. The molecule has 0 bridgehead atoms. The van der Waals surface area contributed by atoms with Gasteiger partial charge in [0.2, 0.25) is 0 Å². The van der Waals surface area contributed by atoms with E-state index in [-0.39, 0.29) is 0 Å². The minimum Gasteiger partial charge on any atom is -0.381 e. The summed E-state index contributed by atoms with van der Waals surface area (Å²) in [5.74, 6) is 0. The molecular formula is C7H12N4O. The first-order valence-electron chi connectivity index (χ1n) is 4.08. The minimum absolute atomic E-state index is 0.598. The second-order valence-electron chi connectivity index (χ2n) is 3.07. The van der Waals surface area contributed by atoms with Crippen LogP contribution in [0.3, 0.4) is 0 Å². The van der Waals surface area contributed by atoms with E-state index in [9.17, 15) is 5.11 Å². The fourth-order valence-corrected chi connectivity index (χ4v) is 1.39. The van der Waals surface area contributed by atoms with Crippen molar-refractivity contribution in [2.45, 2.75) is 19.1 Å². The van der Waals surface area contributed by atoms with Gasteiger partial charge in [-0.1, -0.05) is 5.21 Å². The molecule has 2 N–H and O–H groups in total. The predicted octanol–water partition coefficient (Wildman–Crippen LogP) is -0.911. The maximum absolute atomic E-state index is 9.92. The van der Waals surface area contributed by atoms with E-state index in [1.807, 2.05) is 6.92 Å². The second kappa shape index (κ2) is 2.53. The highest BCUT2D eigenvalue weighted by molar-refractivity contribution is 5.14. The fourth-order valence-electron chi connectivity index (χ4n) is 1.39. The summed E-state index contributed by atoms with van der Waals surface area (Å²) in [5, 5.41) is 20.6. The monoisotopic (exact) mass is 168 g/mol. The molecule has 66 valence electrons. The third-order valence-corrected chi connectivity index (χ3v) is 2.23. The largest absolute Gasteiger partial charge is 0.381 e. The Bertz CT molecular complexity index is 279. The fraction of sp³-hybridized carbons (Fsp3) is 0.714. The minimum atomic E-state index is -0.737. The first-order valence-corrected chi connectivity index (χ1v) is 4.08. The van der Waals surface area contributed by atoms with E-state index >= 15 is 0 Å². The van der Waals surface area contributed by atoms with E-state index in [2.05, 4.69) is 15.6 Å². The van der Waals surface area contributed by atoms with Gasteiger partial charge >= 0.3 is 0 Å². The second-order valence-corrected chi connectivity index (χ2v) is 3.07. The molecule has 0 amide bonds. The number of β-amino-alcohol motifs (C(OH)–C–C–N with tert-alkyl or cyclic N) is 1. The third-order valence-electron chi connectivity index (χ3n) is 2.23. The van der Waals surface area contributed by atoms with Gasteiger partial charge in [-0.25, -0.2) is 4.68 Å². The highest BCUT2D eigenvalue weighted by Gasteiger charge is 2.39. The number of nitrogens with one attached hydrogen (secondary N) is 1. The van der Waals surface area contributed by atoms with Crippen molar-refractivity contribution in [1.29, 1.82) is 0 Å². The molecule has 12 heavy (non-hydrogen) atoms. The summed E-state index contributed by atoms with van der Waals surface area (Å²) >= 11 is 0. The Morgan fingerprint density at radius 1 is 1.75 bits per heavy atom. The number of hydrogen-bond acceptors (Lipinski definition) is 4. The van der Waals surface area contributed by atoms with E-state index in [1.54, 1.807) is 10.9 Å². The van der Waals surface area contributed by atoms with Gasteiger partial charge in [0, 0.05) is 19.6 Å². The van der Waals surface area contributed by atoms with Crippen molar-refractivity contribution in [3.63, 3.8) is 0 Å². The van der Waals surface area contributed by atoms with Crippen LogP contribution < -0.4 is 5.32 Å². The molecule has 0 atom stereocenters. The zero-order valence-corrected chi connectivity index (χ0v) is 6.99. The molecule has 0 unspecified atom stereocenters. The van der Waals surface area contributed by atoms with Gasteiger partial charge in [0.15, 0.2) is 0 Å². The Morgan fingerprint density at radius 2 is 2.50 bits per heavy atom. The lowest BCUT2D eigenvalue weighted by Crippen LogP contribution is -2.57. The molecule has 5 heteroatoms. The van der Waals surface area contributed by atoms with Gasteiger partial charge in [0.1, 0.15) is 5.60 Å². The molecule has 0 spiro atoms. The molecule has 2 heterocycles. The van der Waals surface area contributed by atoms with Gasteiger partial charge in [-0.3, -0.25) is 0 Å². The molecule has 1 aromatic heterocycles. The van der Waals surface area contributed by atoms with Crippen LogP contribution >= 0.6 is 0 Å². The zero-order chi connectivity index (χ0) is 8.60. The number of hydrogen-bond donors (Lipinski definition) is 2. The Hall–Kier alpha value is -0.940. The number of rotatable bonds is 2. The molecular weight excluding hydrogens is 156 g/mol. The highest BCUT2D eigenvalue weighted by atomic mass is 16.3. The summed E-state index contributed by atoms with van der Waals surface area (Å²) in [4.78, 5) is 0. The first kappa shape index (κ1) is 7.70. The summed E-state index contributed by atoms with van der Waals surface area (Å²) in [6, 6.07) is 0. The average molecular weight is 168 g/mol.